The molecule has 0 saturated carbocycles. The Morgan fingerprint density at radius 1 is 1.13 bits per heavy atom. The first kappa shape index (κ1) is 26.2. The third-order valence-corrected chi connectivity index (χ3v) is 5.23. The third-order valence-electron chi connectivity index (χ3n) is 4.10. The number of nitrogens with zero attached hydrogens (tertiary/aromatic N) is 2. The Labute approximate surface area is 196 Å². The molecule has 0 saturated heterocycles. The molecule has 2 N–H and O–H groups in total. The standard InChI is InChI=1S/C21H30N4O3S.HI/c1-4-15-28-20-18(7-6-13-23-20)16-25-21(22-5-2)24-14-12-17-8-10-19(11-9-17)29(3,26)27;/h6-11,13H,4-5,12,14-16H2,1-3H3,(H2,22,24,25);1H. The van der Waals surface area contributed by atoms with Crippen LogP contribution in [0.4, 0.5) is 0 Å². The first-order valence-corrected chi connectivity index (χ1v) is 11.7. The lowest BCUT2D eigenvalue weighted by molar-refractivity contribution is 0.302. The largest absolute Gasteiger partial charge is 0.477 e. The Morgan fingerprint density at radius 3 is 2.50 bits per heavy atom. The maximum atomic E-state index is 11.5. The molecule has 166 valence electrons. The number of ether oxygens (including phenoxy) is 1. The van der Waals surface area contributed by atoms with Crippen molar-refractivity contribution in [1.29, 1.82) is 0 Å². The molecule has 0 unspecified atom stereocenters. The van der Waals surface area contributed by atoms with Crippen molar-refractivity contribution < 1.29 is 13.2 Å². The number of sulfone groups is 1. The Bertz CT molecular complexity index is 903. The number of hydrogen-bond donors (Lipinski definition) is 2. The number of guanidine groups is 1. The lowest BCUT2D eigenvalue weighted by Crippen LogP contribution is -2.38. The van der Waals surface area contributed by atoms with Crippen LogP contribution in [0.5, 0.6) is 5.88 Å². The molecule has 0 aliphatic rings. The van der Waals surface area contributed by atoms with Crippen LogP contribution < -0.4 is 15.4 Å². The van der Waals surface area contributed by atoms with Gasteiger partial charge in [0.15, 0.2) is 15.8 Å². The van der Waals surface area contributed by atoms with E-state index in [4.69, 9.17) is 4.74 Å². The summed E-state index contributed by atoms with van der Waals surface area (Å²) >= 11 is 0. The lowest BCUT2D eigenvalue weighted by atomic mass is 10.1. The van der Waals surface area contributed by atoms with Crippen LogP contribution in [0, 0.1) is 0 Å². The summed E-state index contributed by atoms with van der Waals surface area (Å²) in [7, 11) is -3.16. The summed E-state index contributed by atoms with van der Waals surface area (Å²) in [5.41, 5.74) is 2.00. The summed E-state index contributed by atoms with van der Waals surface area (Å²) in [6.45, 7) is 6.59. The molecule has 0 radical (unpaired) electrons. The molecule has 0 aliphatic heterocycles. The molecule has 0 atom stereocenters. The molecular formula is C21H31IN4O3S. The van der Waals surface area contributed by atoms with Crippen molar-refractivity contribution in [2.24, 2.45) is 4.99 Å². The molecule has 7 nitrogen and oxygen atoms in total. The average molecular weight is 546 g/mol. The van der Waals surface area contributed by atoms with Gasteiger partial charge in [-0.3, -0.25) is 0 Å². The highest BCUT2D eigenvalue weighted by molar-refractivity contribution is 14.0. The van der Waals surface area contributed by atoms with Gasteiger partial charge in [-0.25, -0.2) is 18.4 Å². The molecular weight excluding hydrogens is 515 g/mol. The quantitative estimate of drug-likeness (QED) is 0.270. The number of hydrogen-bond acceptors (Lipinski definition) is 5. The van der Waals surface area contributed by atoms with Crippen molar-refractivity contribution in [3.05, 3.63) is 53.7 Å². The van der Waals surface area contributed by atoms with Crippen LogP contribution in [0.3, 0.4) is 0 Å². The fourth-order valence-corrected chi connectivity index (χ4v) is 3.24. The Kier molecular flexibility index (Phi) is 11.7. The molecule has 2 aromatic rings. The second kappa shape index (κ2) is 13.4. The van der Waals surface area contributed by atoms with Gasteiger partial charge < -0.3 is 15.4 Å². The van der Waals surface area contributed by atoms with Gasteiger partial charge in [0.1, 0.15) is 0 Å². The van der Waals surface area contributed by atoms with E-state index in [1.165, 1.54) is 6.26 Å². The van der Waals surface area contributed by atoms with Crippen molar-refractivity contribution in [3.8, 4) is 5.88 Å². The second-order valence-corrected chi connectivity index (χ2v) is 8.62. The van der Waals surface area contributed by atoms with E-state index in [-0.39, 0.29) is 24.0 Å². The first-order valence-electron chi connectivity index (χ1n) is 9.82. The molecule has 0 aliphatic carbocycles. The van der Waals surface area contributed by atoms with Crippen LogP contribution in [0.25, 0.3) is 0 Å². The second-order valence-electron chi connectivity index (χ2n) is 6.60. The van der Waals surface area contributed by atoms with E-state index in [9.17, 15) is 8.42 Å². The highest BCUT2D eigenvalue weighted by atomic mass is 127. The Hall–Kier alpha value is -1.88. The zero-order chi connectivity index (χ0) is 21.1. The van der Waals surface area contributed by atoms with E-state index in [2.05, 4.69) is 27.5 Å². The molecule has 1 aromatic carbocycles. The monoisotopic (exact) mass is 546 g/mol. The smallest absolute Gasteiger partial charge is 0.218 e. The van der Waals surface area contributed by atoms with Crippen LogP contribution in [0.15, 0.2) is 52.5 Å². The number of benzene rings is 1. The van der Waals surface area contributed by atoms with Crippen LogP contribution in [-0.2, 0) is 22.8 Å². The van der Waals surface area contributed by atoms with Crippen LogP contribution >= 0.6 is 24.0 Å². The molecule has 2 rings (SSSR count). The van der Waals surface area contributed by atoms with E-state index in [0.717, 1.165) is 30.5 Å². The van der Waals surface area contributed by atoms with E-state index in [0.29, 0.717) is 36.4 Å². The highest BCUT2D eigenvalue weighted by Crippen LogP contribution is 2.15. The van der Waals surface area contributed by atoms with Gasteiger partial charge in [-0.05, 0) is 43.5 Å². The molecule has 0 amide bonds. The fourth-order valence-electron chi connectivity index (χ4n) is 2.61. The topological polar surface area (TPSA) is 92.7 Å². The summed E-state index contributed by atoms with van der Waals surface area (Å²) in [5, 5.41) is 6.54. The average Bonchev–Trinajstić information content (AvgIpc) is 2.71. The number of aromatic nitrogens is 1. The zero-order valence-corrected chi connectivity index (χ0v) is 20.9. The van der Waals surface area contributed by atoms with Gasteiger partial charge in [0, 0.05) is 31.1 Å². The molecule has 30 heavy (non-hydrogen) atoms. The molecule has 1 heterocycles. The maximum Gasteiger partial charge on any atom is 0.218 e. The first-order chi connectivity index (χ1) is 13.9. The van der Waals surface area contributed by atoms with Gasteiger partial charge in [-0.1, -0.05) is 25.1 Å². The zero-order valence-electron chi connectivity index (χ0n) is 17.7. The summed E-state index contributed by atoms with van der Waals surface area (Å²) in [5.74, 6) is 1.34. The lowest BCUT2D eigenvalue weighted by Gasteiger charge is -2.12. The van der Waals surface area contributed by atoms with E-state index < -0.39 is 9.84 Å². The van der Waals surface area contributed by atoms with Gasteiger partial charge in [0.05, 0.1) is 18.0 Å². The van der Waals surface area contributed by atoms with Crippen LogP contribution in [0.1, 0.15) is 31.4 Å². The SMILES string of the molecule is CCCOc1ncccc1CN=C(NCC)NCCc1ccc(S(C)(=O)=O)cc1.I. The maximum absolute atomic E-state index is 11.5. The molecule has 9 heteroatoms. The molecule has 0 bridgehead atoms. The minimum atomic E-state index is -3.16. The van der Waals surface area contributed by atoms with Crippen molar-refractivity contribution in [2.45, 2.75) is 38.1 Å². The number of rotatable bonds is 10. The van der Waals surface area contributed by atoms with Crippen molar-refractivity contribution in [3.63, 3.8) is 0 Å². The predicted octanol–water partition coefficient (Wildman–Crippen LogP) is 3.19. The normalized spacial score (nSPS) is 11.5. The minimum absolute atomic E-state index is 0. The van der Waals surface area contributed by atoms with Crippen molar-refractivity contribution >= 4 is 39.8 Å². The van der Waals surface area contributed by atoms with Gasteiger partial charge in [0.2, 0.25) is 5.88 Å². The number of nitrogens with one attached hydrogen (secondary N) is 2. The van der Waals surface area contributed by atoms with Gasteiger partial charge in [0.25, 0.3) is 0 Å². The molecule has 1 aromatic heterocycles. The van der Waals surface area contributed by atoms with Gasteiger partial charge in [-0.15, -0.1) is 24.0 Å². The Morgan fingerprint density at radius 2 is 1.87 bits per heavy atom. The van der Waals surface area contributed by atoms with Crippen molar-refractivity contribution in [1.82, 2.24) is 15.6 Å². The number of halogens is 1. The Balaban J connectivity index is 0.00000450. The van der Waals surface area contributed by atoms with Crippen LogP contribution in [0.2, 0.25) is 0 Å². The van der Waals surface area contributed by atoms with E-state index in [1.807, 2.05) is 31.2 Å². The number of pyridine rings is 1. The molecule has 0 spiro atoms. The summed E-state index contributed by atoms with van der Waals surface area (Å²) < 4.78 is 28.8. The van der Waals surface area contributed by atoms with Crippen LogP contribution in [-0.4, -0.2) is 45.3 Å². The van der Waals surface area contributed by atoms with E-state index >= 15 is 0 Å². The minimum Gasteiger partial charge on any atom is -0.477 e. The fraction of sp³-hybridized carbons (Fsp3) is 0.429. The van der Waals surface area contributed by atoms with E-state index in [1.54, 1.807) is 18.3 Å². The third kappa shape index (κ3) is 8.86. The number of aliphatic imine (C=N–C) groups is 1. The summed E-state index contributed by atoms with van der Waals surface area (Å²) in [4.78, 5) is 9.25. The summed E-state index contributed by atoms with van der Waals surface area (Å²) in [6.07, 6.45) is 4.61. The van der Waals surface area contributed by atoms with Gasteiger partial charge in [-0.2, -0.15) is 0 Å². The van der Waals surface area contributed by atoms with Gasteiger partial charge >= 0.3 is 0 Å². The summed E-state index contributed by atoms with van der Waals surface area (Å²) in [6, 6.07) is 10.8. The molecule has 0 fully saturated rings. The van der Waals surface area contributed by atoms with Crippen molar-refractivity contribution in [2.75, 3.05) is 26.0 Å². The highest BCUT2D eigenvalue weighted by Gasteiger charge is 2.07. The predicted molar refractivity (Wildman–Crippen MR) is 132 cm³/mol.